The summed E-state index contributed by atoms with van der Waals surface area (Å²) in [5, 5.41) is 14.6. The van der Waals surface area contributed by atoms with E-state index >= 15 is 4.39 Å². The number of aromatic hydroxyl groups is 1. The molecule has 2 aromatic carbocycles. The van der Waals surface area contributed by atoms with Gasteiger partial charge in [-0.3, -0.25) is 4.90 Å². The van der Waals surface area contributed by atoms with Crippen LogP contribution in [0.3, 0.4) is 0 Å². The van der Waals surface area contributed by atoms with Gasteiger partial charge in [0.2, 0.25) is 0 Å². The average molecular weight is 563 g/mol. The lowest BCUT2D eigenvalue weighted by molar-refractivity contribution is 0.107. The number of hydrogen-bond donors (Lipinski definition) is 2. The first-order chi connectivity index (χ1) is 19.8. The van der Waals surface area contributed by atoms with Gasteiger partial charge < -0.3 is 19.6 Å². The van der Waals surface area contributed by atoms with Gasteiger partial charge >= 0.3 is 11.6 Å². The van der Waals surface area contributed by atoms with E-state index in [1.807, 2.05) is 0 Å². The molecule has 1 aliphatic carbocycles. The molecule has 214 valence electrons. The fourth-order valence-electron chi connectivity index (χ4n) is 6.81. The predicted octanol–water partition coefficient (Wildman–Crippen LogP) is 5.72. The number of phenolic OH excluding ortho intramolecular Hbond substituents is 1. The molecule has 2 atom stereocenters. The molecule has 0 spiro atoms. The number of ether oxygens (including phenoxy) is 1. The molecule has 0 bridgehead atoms. The fraction of sp³-hybridized carbons (Fsp3) is 0.452. The number of fused-ring (bicyclic) bond motifs is 3. The molecule has 4 aromatic rings. The highest BCUT2D eigenvalue weighted by molar-refractivity contribution is 6.00. The van der Waals surface area contributed by atoms with E-state index in [0.717, 1.165) is 32.2 Å². The van der Waals surface area contributed by atoms with E-state index in [0.29, 0.717) is 47.7 Å². The lowest BCUT2D eigenvalue weighted by Crippen LogP contribution is -2.43. The number of rotatable bonds is 7. The molecule has 2 saturated heterocycles. The number of aryl methyl sites for hydroxylation is 1. The Bertz CT molecular complexity index is 1720. The summed E-state index contributed by atoms with van der Waals surface area (Å²) in [4.78, 5) is 24.9. The van der Waals surface area contributed by atoms with Crippen molar-refractivity contribution >= 4 is 27.5 Å². The number of anilines is 1. The molecule has 7 rings (SSSR count). The van der Waals surface area contributed by atoms with Crippen LogP contribution in [0.1, 0.15) is 44.1 Å². The SMILES string of the molecule is Cc1c(-c2cc(O)cc3cccc(F)c23)oc(=O)c2c(NCC3CCC3)nc(OC[C@@]34CCCN3C[C@H](F)C4)nc12. The number of phenols is 1. The van der Waals surface area contributed by atoms with E-state index in [2.05, 4.69) is 20.2 Å². The van der Waals surface area contributed by atoms with Crippen LogP contribution in [0.15, 0.2) is 39.5 Å². The van der Waals surface area contributed by atoms with Gasteiger partial charge in [0.15, 0.2) is 0 Å². The number of hydrogen-bond acceptors (Lipinski definition) is 8. The Morgan fingerprint density at radius 2 is 2.07 bits per heavy atom. The van der Waals surface area contributed by atoms with Crippen molar-refractivity contribution in [2.45, 2.75) is 57.2 Å². The van der Waals surface area contributed by atoms with Gasteiger partial charge in [-0.25, -0.2) is 13.6 Å². The maximum absolute atomic E-state index is 15.0. The van der Waals surface area contributed by atoms with Crippen molar-refractivity contribution in [3.05, 3.63) is 52.1 Å². The Hall–Kier alpha value is -3.79. The van der Waals surface area contributed by atoms with Gasteiger partial charge in [-0.05, 0) is 68.7 Å². The number of halogens is 2. The van der Waals surface area contributed by atoms with E-state index in [1.165, 1.54) is 24.6 Å². The largest absolute Gasteiger partial charge is 0.508 e. The molecule has 3 fully saturated rings. The molecule has 1 saturated carbocycles. The summed E-state index contributed by atoms with van der Waals surface area (Å²) in [6.07, 6.45) is 4.75. The summed E-state index contributed by atoms with van der Waals surface area (Å²) in [6.45, 7) is 3.89. The van der Waals surface area contributed by atoms with E-state index in [9.17, 15) is 14.3 Å². The van der Waals surface area contributed by atoms with Crippen LogP contribution in [0, 0.1) is 18.7 Å². The van der Waals surface area contributed by atoms with Crippen LogP contribution in [-0.4, -0.2) is 57.9 Å². The zero-order valence-corrected chi connectivity index (χ0v) is 22.9. The monoisotopic (exact) mass is 562 g/mol. The molecule has 2 aromatic heterocycles. The molecule has 8 nitrogen and oxygen atoms in total. The van der Waals surface area contributed by atoms with Crippen LogP contribution in [0.4, 0.5) is 14.6 Å². The Morgan fingerprint density at radius 1 is 1.22 bits per heavy atom. The smallest absolute Gasteiger partial charge is 0.349 e. The normalized spacial score (nSPS) is 22.8. The third kappa shape index (κ3) is 4.48. The Balaban J connectivity index is 1.35. The third-order valence-corrected chi connectivity index (χ3v) is 9.15. The average Bonchev–Trinajstić information content (AvgIpc) is 3.43. The van der Waals surface area contributed by atoms with Crippen molar-refractivity contribution in [2.75, 3.05) is 31.6 Å². The van der Waals surface area contributed by atoms with Crippen LogP contribution in [0.2, 0.25) is 0 Å². The van der Waals surface area contributed by atoms with Gasteiger partial charge in [0, 0.05) is 36.0 Å². The van der Waals surface area contributed by atoms with Gasteiger partial charge in [-0.2, -0.15) is 9.97 Å². The van der Waals surface area contributed by atoms with Crippen molar-refractivity contribution in [1.82, 2.24) is 14.9 Å². The molecule has 2 N–H and O–H groups in total. The van der Waals surface area contributed by atoms with E-state index in [1.54, 1.807) is 19.1 Å². The lowest BCUT2D eigenvalue weighted by atomic mass is 9.85. The van der Waals surface area contributed by atoms with Crippen molar-refractivity contribution in [1.29, 1.82) is 0 Å². The first-order valence-corrected chi connectivity index (χ1v) is 14.3. The number of alkyl halides is 1. The van der Waals surface area contributed by atoms with E-state index in [-0.39, 0.29) is 46.0 Å². The standard InChI is InChI=1S/C31H32F2N4O4/c1-17-26-25(29(39)41-27(17)22-12-21(38)11-19-7-3-8-23(33)24(19)22)28(34-14-18-5-2-6-18)36-30(35-26)40-16-31-9-4-10-37(31)15-20(32)13-31/h3,7-8,11-12,18,20,38H,2,4-6,9-10,13-16H2,1H3,(H,34,35,36)/t20-,31+/m1/s1. The Labute approximate surface area is 235 Å². The van der Waals surface area contributed by atoms with Gasteiger partial charge in [0.25, 0.3) is 0 Å². The molecule has 0 radical (unpaired) electrons. The number of benzene rings is 2. The molecule has 0 unspecified atom stereocenters. The zero-order chi connectivity index (χ0) is 28.3. The van der Waals surface area contributed by atoms with Crippen molar-refractivity contribution in [3.8, 4) is 23.1 Å². The van der Waals surface area contributed by atoms with Crippen LogP contribution in [0.5, 0.6) is 11.8 Å². The highest BCUT2D eigenvalue weighted by Gasteiger charge is 2.49. The minimum absolute atomic E-state index is 0.0853. The Kier molecular flexibility index (Phi) is 6.33. The third-order valence-electron chi connectivity index (χ3n) is 9.15. The molecule has 2 aliphatic heterocycles. The topological polar surface area (TPSA) is 101 Å². The minimum Gasteiger partial charge on any atom is -0.508 e. The zero-order valence-electron chi connectivity index (χ0n) is 22.9. The van der Waals surface area contributed by atoms with Crippen LogP contribution in [0.25, 0.3) is 33.0 Å². The Morgan fingerprint density at radius 3 is 2.88 bits per heavy atom. The van der Waals surface area contributed by atoms with Crippen molar-refractivity contribution in [3.63, 3.8) is 0 Å². The van der Waals surface area contributed by atoms with Crippen LogP contribution in [-0.2, 0) is 0 Å². The van der Waals surface area contributed by atoms with Crippen molar-refractivity contribution in [2.24, 2.45) is 5.92 Å². The minimum atomic E-state index is -0.886. The quantitative estimate of drug-likeness (QED) is 0.295. The lowest BCUT2D eigenvalue weighted by Gasteiger charge is -2.31. The van der Waals surface area contributed by atoms with E-state index < -0.39 is 17.6 Å². The summed E-state index contributed by atoms with van der Waals surface area (Å²) in [5.74, 6) is 0.335. The van der Waals surface area contributed by atoms with Gasteiger partial charge in [0.05, 0.1) is 11.1 Å². The highest BCUT2D eigenvalue weighted by atomic mass is 19.1. The molecule has 4 heterocycles. The van der Waals surface area contributed by atoms with Crippen LogP contribution < -0.4 is 15.7 Å². The maximum Gasteiger partial charge on any atom is 0.349 e. The van der Waals surface area contributed by atoms with Gasteiger partial charge in [0.1, 0.15) is 41.3 Å². The number of nitrogens with one attached hydrogen (secondary N) is 1. The molecule has 10 heteroatoms. The van der Waals surface area contributed by atoms with E-state index in [4.69, 9.17) is 9.15 Å². The summed E-state index contributed by atoms with van der Waals surface area (Å²) in [7, 11) is 0. The first kappa shape index (κ1) is 26.1. The summed E-state index contributed by atoms with van der Waals surface area (Å²) >= 11 is 0. The second-order valence-electron chi connectivity index (χ2n) is 11.8. The maximum atomic E-state index is 15.0. The molecular weight excluding hydrogens is 530 g/mol. The second-order valence-corrected chi connectivity index (χ2v) is 11.8. The van der Waals surface area contributed by atoms with Crippen LogP contribution >= 0.6 is 0 Å². The molecular formula is C31H32F2N4O4. The number of aromatic nitrogens is 2. The molecule has 0 amide bonds. The molecule has 41 heavy (non-hydrogen) atoms. The number of nitrogens with zero attached hydrogens (tertiary/aromatic N) is 3. The summed E-state index contributed by atoms with van der Waals surface area (Å²) < 4.78 is 41.4. The highest BCUT2D eigenvalue weighted by Crippen LogP contribution is 2.41. The van der Waals surface area contributed by atoms with Gasteiger partial charge in [-0.15, -0.1) is 0 Å². The van der Waals surface area contributed by atoms with Gasteiger partial charge in [-0.1, -0.05) is 18.6 Å². The fourth-order valence-corrected chi connectivity index (χ4v) is 6.81. The second kappa shape index (κ2) is 9.94. The molecule has 3 aliphatic rings. The van der Waals surface area contributed by atoms with Crippen molar-refractivity contribution < 1.29 is 23.0 Å². The summed E-state index contributed by atoms with van der Waals surface area (Å²) in [6, 6.07) is 7.50. The summed E-state index contributed by atoms with van der Waals surface area (Å²) in [5.41, 5.74) is -0.00170. The predicted molar refractivity (Wildman–Crippen MR) is 152 cm³/mol. The first-order valence-electron chi connectivity index (χ1n) is 14.3.